The molecule has 28 heavy (non-hydrogen) atoms. The lowest BCUT2D eigenvalue weighted by Gasteiger charge is -2.06. The molecule has 1 N–H and O–H groups in total. The highest BCUT2D eigenvalue weighted by Gasteiger charge is 2.13. The summed E-state index contributed by atoms with van der Waals surface area (Å²) in [5.74, 6) is 1.56. The van der Waals surface area contributed by atoms with Crippen LogP contribution < -0.4 is 10.1 Å². The van der Waals surface area contributed by atoms with Gasteiger partial charge in [0.1, 0.15) is 12.4 Å². The van der Waals surface area contributed by atoms with E-state index >= 15 is 0 Å². The van der Waals surface area contributed by atoms with Gasteiger partial charge in [-0.2, -0.15) is 0 Å². The van der Waals surface area contributed by atoms with Crippen molar-refractivity contribution in [2.24, 2.45) is 7.05 Å². The predicted octanol–water partition coefficient (Wildman–Crippen LogP) is 3.73. The Labute approximate surface area is 169 Å². The Morgan fingerprint density at radius 3 is 2.75 bits per heavy atom. The molecule has 0 aliphatic heterocycles. The van der Waals surface area contributed by atoms with E-state index in [9.17, 15) is 4.79 Å². The highest BCUT2D eigenvalue weighted by atomic mass is 32.2. The highest BCUT2D eigenvalue weighted by molar-refractivity contribution is 7.99. The lowest BCUT2D eigenvalue weighted by atomic mass is 10.3. The Kier molecular flexibility index (Phi) is 5.54. The molecule has 2 aromatic carbocycles. The van der Waals surface area contributed by atoms with Crippen molar-refractivity contribution in [2.45, 2.75) is 11.8 Å². The third-order valence-corrected chi connectivity index (χ3v) is 5.88. The third kappa shape index (κ3) is 4.32. The summed E-state index contributed by atoms with van der Waals surface area (Å²) < 4.78 is 8.58. The summed E-state index contributed by atoms with van der Waals surface area (Å²) in [5, 5.41) is 12.4. The normalized spacial score (nSPS) is 10.9. The molecule has 2 aromatic heterocycles. The van der Waals surface area contributed by atoms with E-state index in [0.717, 1.165) is 16.0 Å². The van der Waals surface area contributed by atoms with Crippen LogP contribution in [0.15, 0.2) is 59.8 Å². The molecule has 0 atom stereocenters. The van der Waals surface area contributed by atoms with Crippen molar-refractivity contribution in [3.05, 3.63) is 60.4 Å². The van der Waals surface area contributed by atoms with Gasteiger partial charge in [0.15, 0.2) is 16.1 Å². The van der Waals surface area contributed by atoms with Crippen LogP contribution in [-0.4, -0.2) is 31.4 Å². The van der Waals surface area contributed by atoms with Crippen molar-refractivity contribution in [3.63, 3.8) is 0 Å². The molecule has 4 rings (SSSR count). The molecule has 0 fully saturated rings. The summed E-state index contributed by atoms with van der Waals surface area (Å²) in [6.07, 6.45) is 0. The number of carbonyl (C=O) groups excluding carboxylic acids is 1. The van der Waals surface area contributed by atoms with Gasteiger partial charge in [0.2, 0.25) is 5.91 Å². The third-order valence-electron chi connectivity index (χ3n) is 3.91. The van der Waals surface area contributed by atoms with Gasteiger partial charge in [0.05, 0.1) is 16.0 Å². The first kappa shape index (κ1) is 18.5. The number of rotatable bonds is 7. The number of nitrogens with one attached hydrogen (secondary N) is 1. The zero-order valence-electron chi connectivity index (χ0n) is 15.0. The number of amides is 1. The SMILES string of the molecule is Cn1c(COc2ccccc2)nnc1SCC(=O)Nc1nc2ccccc2s1. The van der Waals surface area contributed by atoms with Crippen LogP contribution in [0, 0.1) is 0 Å². The van der Waals surface area contributed by atoms with Gasteiger partial charge < -0.3 is 14.6 Å². The van der Waals surface area contributed by atoms with E-state index < -0.39 is 0 Å². The number of anilines is 1. The number of nitrogens with zero attached hydrogens (tertiary/aromatic N) is 4. The Morgan fingerprint density at radius 1 is 1.14 bits per heavy atom. The average molecular weight is 412 g/mol. The average Bonchev–Trinajstić information content (AvgIpc) is 3.28. The topological polar surface area (TPSA) is 81.9 Å². The number of hydrogen-bond acceptors (Lipinski definition) is 7. The van der Waals surface area contributed by atoms with Crippen molar-refractivity contribution in [2.75, 3.05) is 11.1 Å². The number of aromatic nitrogens is 4. The Hall–Kier alpha value is -2.91. The van der Waals surface area contributed by atoms with Crippen LogP contribution in [0.2, 0.25) is 0 Å². The van der Waals surface area contributed by atoms with Gasteiger partial charge in [-0.1, -0.05) is 53.4 Å². The molecule has 1 amide bonds. The Balaban J connectivity index is 1.31. The van der Waals surface area contributed by atoms with Gasteiger partial charge in [0, 0.05) is 7.05 Å². The molecule has 0 saturated heterocycles. The number of para-hydroxylation sites is 2. The van der Waals surface area contributed by atoms with Crippen molar-refractivity contribution in [1.29, 1.82) is 0 Å². The molecule has 0 bridgehead atoms. The van der Waals surface area contributed by atoms with Gasteiger partial charge in [-0.05, 0) is 24.3 Å². The van der Waals surface area contributed by atoms with E-state index in [1.54, 1.807) is 0 Å². The van der Waals surface area contributed by atoms with E-state index in [-0.39, 0.29) is 11.7 Å². The number of benzene rings is 2. The molecule has 142 valence electrons. The maximum Gasteiger partial charge on any atom is 0.236 e. The first-order valence-electron chi connectivity index (χ1n) is 8.53. The van der Waals surface area contributed by atoms with Crippen LogP contribution in [0.1, 0.15) is 5.82 Å². The van der Waals surface area contributed by atoms with Gasteiger partial charge in [-0.25, -0.2) is 4.98 Å². The molecule has 7 nitrogen and oxygen atoms in total. The lowest BCUT2D eigenvalue weighted by Crippen LogP contribution is -2.14. The fourth-order valence-electron chi connectivity index (χ4n) is 2.47. The van der Waals surface area contributed by atoms with Crippen molar-refractivity contribution in [1.82, 2.24) is 19.7 Å². The molecule has 0 spiro atoms. The molecule has 0 unspecified atom stereocenters. The van der Waals surface area contributed by atoms with E-state index in [1.807, 2.05) is 66.2 Å². The molecule has 0 aliphatic carbocycles. The summed E-state index contributed by atoms with van der Waals surface area (Å²) in [7, 11) is 1.86. The zero-order chi connectivity index (χ0) is 19.3. The van der Waals surface area contributed by atoms with Crippen LogP contribution in [0.4, 0.5) is 5.13 Å². The molecule has 0 saturated carbocycles. The van der Waals surface area contributed by atoms with E-state index in [0.29, 0.717) is 22.7 Å². The van der Waals surface area contributed by atoms with Crippen LogP contribution >= 0.6 is 23.1 Å². The summed E-state index contributed by atoms with van der Waals surface area (Å²) in [6, 6.07) is 17.3. The second kappa shape index (κ2) is 8.41. The minimum absolute atomic E-state index is 0.130. The summed E-state index contributed by atoms with van der Waals surface area (Å²) in [5.41, 5.74) is 0.881. The minimum atomic E-state index is -0.130. The van der Waals surface area contributed by atoms with Crippen LogP contribution in [0.3, 0.4) is 0 Å². The maximum absolute atomic E-state index is 12.2. The summed E-state index contributed by atoms with van der Waals surface area (Å²) in [4.78, 5) is 16.7. The molecule has 4 aromatic rings. The smallest absolute Gasteiger partial charge is 0.236 e. The molecule has 9 heteroatoms. The van der Waals surface area contributed by atoms with E-state index in [1.165, 1.54) is 23.1 Å². The van der Waals surface area contributed by atoms with Gasteiger partial charge in [-0.15, -0.1) is 10.2 Å². The predicted molar refractivity (Wildman–Crippen MR) is 111 cm³/mol. The number of hydrogen-bond donors (Lipinski definition) is 1. The molecular formula is C19H17N5O2S2. The first-order chi connectivity index (χ1) is 13.7. The molecule has 0 aliphatic rings. The monoisotopic (exact) mass is 411 g/mol. The second-order valence-corrected chi connectivity index (χ2v) is 7.86. The Bertz CT molecular complexity index is 1060. The number of carbonyl (C=O) groups is 1. The van der Waals surface area contributed by atoms with Crippen molar-refractivity contribution >= 4 is 44.4 Å². The zero-order valence-corrected chi connectivity index (χ0v) is 16.7. The first-order valence-corrected chi connectivity index (χ1v) is 10.3. The van der Waals surface area contributed by atoms with Crippen molar-refractivity contribution in [3.8, 4) is 5.75 Å². The van der Waals surface area contributed by atoms with Gasteiger partial charge >= 0.3 is 0 Å². The van der Waals surface area contributed by atoms with E-state index in [2.05, 4.69) is 20.5 Å². The minimum Gasteiger partial charge on any atom is -0.486 e. The number of thioether (sulfide) groups is 1. The molecule has 0 radical (unpaired) electrons. The summed E-state index contributed by atoms with van der Waals surface area (Å²) in [6.45, 7) is 0.311. The fourth-order valence-corrected chi connectivity index (χ4v) is 4.08. The number of fused-ring (bicyclic) bond motifs is 1. The number of thiazole rings is 1. The van der Waals surface area contributed by atoms with Gasteiger partial charge in [-0.3, -0.25) is 4.79 Å². The lowest BCUT2D eigenvalue weighted by molar-refractivity contribution is -0.113. The standard InChI is InChI=1S/C19H17N5O2S2/c1-24-16(11-26-13-7-3-2-4-8-13)22-23-19(24)27-12-17(25)21-18-20-14-9-5-6-10-15(14)28-18/h2-10H,11-12H2,1H3,(H,20,21,25). The highest BCUT2D eigenvalue weighted by Crippen LogP contribution is 2.25. The number of ether oxygens (including phenoxy) is 1. The molecular weight excluding hydrogens is 394 g/mol. The van der Waals surface area contributed by atoms with Crippen LogP contribution in [0.5, 0.6) is 5.75 Å². The van der Waals surface area contributed by atoms with Crippen LogP contribution in [0.25, 0.3) is 10.2 Å². The van der Waals surface area contributed by atoms with Crippen molar-refractivity contribution < 1.29 is 9.53 Å². The maximum atomic E-state index is 12.2. The Morgan fingerprint density at radius 2 is 1.93 bits per heavy atom. The van der Waals surface area contributed by atoms with Gasteiger partial charge in [0.25, 0.3) is 0 Å². The quantitative estimate of drug-likeness (QED) is 0.467. The fraction of sp³-hybridized carbons (Fsp3) is 0.158. The molecule has 2 heterocycles. The van der Waals surface area contributed by atoms with E-state index in [4.69, 9.17) is 4.74 Å². The largest absolute Gasteiger partial charge is 0.486 e. The second-order valence-electron chi connectivity index (χ2n) is 5.88. The van der Waals surface area contributed by atoms with Crippen LogP contribution in [-0.2, 0) is 18.4 Å². The summed E-state index contributed by atoms with van der Waals surface area (Å²) >= 11 is 2.78.